The summed E-state index contributed by atoms with van der Waals surface area (Å²) in [6.45, 7) is -0.433. The summed E-state index contributed by atoms with van der Waals surface area (Å²) in [4.78, 5) is 22.1. The van der Waals surface area contributed by atoms with Crippen LogP contribution in [0, 0.1) is 0 Å². The largest absolute Gasteiger partial charge is 0.394 e. The highest BCUT2D eigenvalue weighted by Gasteiger charge is 2.46. The molecule has 3 heterocycles. The van der Waals surface area contributed by atoms with Crippen LogP contribution in [0.25, 0.3) is 0 Å². The molecule has 11 heteroatoms. The number of hydrogen-bond acceptors (Lipinski definition) is 8. The second-order valence-corrected chi connectivity index (χ2v) is 4.86. The minimum absolute atomic E-state index is 0. The van der Waals surface area contributed by atoms with Crippen LogP contribution < -0.4 is 5.73 Å². The van der Waals surface area contributed by atoms with Crippen molar-refractivity contribution in [2.24, 2.45) is 15.7 Å². The summed E-state index contributed by atoms with van der Waals surface area (Å²) >= 11 is 0. The number of primary amides is 1. The van der Waals surface area contributed by atoms with Crippen molar-refractivity contribution in [2.45, 2.75) is 24.5 Å². The van der Waals surface area contributed by atoms with Crippen LogP contribution in [0.5, 0.6) is 0 Å². The Kier molecular flexibility index (Phi) is 4.68. The number of ether oxygens (including phenoxy) is 1. The van der Waals surface area contributed by atoms with Gasteiger partial charge in [0.05, 0.1) is 6.61 Å². The number of halogens is 1. The topological polar surface area (TPSA) is 144 Å². The van der Waals surface area contributed by atoms with E-state index >= 15 is 0 Å². The Hall–Kier alpha value is -1.72. The van der Waals surface area contributed by atoms with Gasteiger partial charge in [-0.05, 0) is 0 Å². The van der Waals surface area contributed by atoms with Crippen LogP contribution in [0.4, 0.5) is 4.79 Å². The molecular weight excluding hydrogens is 318 g/mol. The van der Waals surface area contributed by atoms with Crippen LogP contribution >= 0.6 is 12.4 Å². The number of nitrogens with zero attached hydrogens (tertiary/aromatic N) is 4. The van der Waals surface area contributed by atoms with Crippen molar-refractivity contribution in [3.8, 4) is 0 Å². The number of aliphatic imine (C=N–C) groups is 2. The lowest BCUT2D eigenvalue weighted by molar-refractivity contribution is -0.0871. The monoisotopic (exact) mass is 333 g/mol. The molecule has 0 aliphatic carbocycles. The Bertz CT molecular complexity index is 553. The van der Waals surface area contributed by atoms with E-state index in [4.69, 9.17) is 15.6 Å². The lowest BCUT2D eigenvalue weighted by Crippen LogP contribution is -2.54. The fourth-order valence-corrected chi connectivity index (χ4v) is 2.48. The number of nitrogens with two attached hydrogens (primary N) is 1. The molecular formula is C11H16ClN5O5. The second kappa shape index (κ2) is 6.18. The zero-order valence-electron chi connectivity index (χ0n) is 11.3. The van der Waals surface area contributed by atoms with E-state index in [0.717, 1.165) is 0 Å². The highest BCUT2D eigenvalue weighted by atomic mass is 35.5. The molecule has 0 aromatic heterocycles. The van der Waals surface area contributed by atoms with Crippen molar-refractivity contribution in [2.75, 3.05) is 13.3 Å². The van der Waals surface area contributed by atoms with Crippen LogP contribution in [0.15, 0.2) is 21.9 Å². The Morgan fingerprint density at radius 3 is 2.77 bits per heavy atom. The molecule has 5 N–H and O–H groups in total. The van der Waals surface area contributed by atoms with E-state index in [1.807, 2.05) is 0 Å². The summed E-state index contributed by atoms with van der Waals surface area (Å²) < 4.78 is 5.41. The third-order valence-corrected chi connectivity index (χ3v) is 3.56. The predicted octanol–water partition coefficient (Wildman–Crippen LogP) is -2.22. The number of aliphatic hydroxyl groups is 3. The maximum atomic E-state index is 11.5. The molecule has 0 spiro atoms. The van der Waals surface area contributed by atoms with Gasteiger partial charge in [-0.25, -0.2) is 14.8 Å². The third-order valence-electron chi connectivity index (χ3n) is 3.56. The minimum Gasteiger partial charge on any atom is -0.394 e. The van der Waals surface area contributed by atoms with Gasteiger partial charge in [-0.1, -0.05) is 0 Å². The number of carbonyl (C=O) groups excluding carboxylic acids is 1. The second-order valence-electron chi connectivity index (χ2n) is 4.86. The van der Waals surface area contributed by atoms with Gasteiger partial charge >= 0.3 is 6.03 Å². The summed E-state index contributed by atoms with van der Waals surface area (Å²) in [6.07, 6.45) is -1.43. The summed E-state index contributed by atoms with van der Waals surface area (Å²) in [5.41, 5.74) is 5.70. The number of urea groups is 1. The molecule has 22 heavy (non-hydrogen) atoms. The van der Waals surface area contributed by atoms with Gasteiger partial charge in [0.25, 0.3) is 0 Å². The first-order valence-corrected chi connectivity index (χ1v) is 6.30. The van der Waals surface area contributed by atoms with Gasteiger partial charge in [0.2, 0.25) is 0 Å². The smallest absolute Gasteiger partial charge is 0.322 e. The van der Waals surface area contributed by atoms with Crippen molar-refractivity contribution in [3.05, 3.63) is 11.9 Å². The maximum Gasteiger partial charge on any atom is 0.322 e. The molecule has 122 valence electrons. The van der Waals surface area contributed by atoms with Crippen LogP contribution in [0.1, 0.15) is 0 Å². The van der Waals surface area contributed by atoms with E-state index in [1.54, 1.807) is 6.20 Å². The van der Waals surface area contributed by atoms with Crippen LogP contribution in [0.2, 0.25) is 0 Å². The SMILES string of the molecule is Cl.NC(=O)N1CN([C@@H]2O[C@H](CO)[C@@H](O)[C@H]2O)C=C2N=CN=C21. The van der Waals surface area contributed by atoms with Crippen molar-refractivity contribution < 1.29 is 24.9 Å². The fraction of sp³-hybridized carbons (Fsp3) is 0.545. The zero-order chi connectivity index (χ0) is 15.1. The van der Waals surface area contributed by atoms with Gasteiger partial charge in [-0.2, -0.15) is 0 Å². The van der Waals surface area contributed by atoms with Gasteiger partial charge in [-0.3, -0.25) is 4.90 Å². The van der Waals surface area contributed by atoms with Gasteiger partial charge in [0.15, 0.2) is 12.1 Å². The number of aliphatic hydroxyl groups excluding tert-OH is 3. The Balaban J connectivity index is 0.00000176. The summed E-state index contributed by atoms with van der Waals surface area (Å²) in [5, 5.41) is 28.9. The van der Waals surface area contributed by atoms with E-state index < -0.39 is 37.2 Å². The molecule has 0 unspecified atom stereocenters. The number of hydrogen-bond donors (Lipinski definition) is 4. The first-order chi connectivity index (χ1) is 10.0. The zero-order valence-corrected chi connectivity index (χ0v) is 12.1. The highest BCUT2D eigenvalue weighted by Crippen LogP contribution is 2.28. The van der Waals surface area contributed by atoms with Crippen LogP contribution in [0.3, 0.4) is 0 Å². The molecule has 0 bridgehead atoms. The molecule has 3 aliphatic rings. The van der Waals surface area contributed by atoms with E-state index in [2.05, 4.69) is 9.98 Å². The first kappa shape index (κ1) is 16.6. The molecule has 3 aliphatic heterocycles. The minimum atomic E-state index is -1.24. The molecule has 1 fully saturated rings. The summed E-state index contributed by atoms with van der Waals surface area (Å²) in [6, 6.07) is -0.721. The van der Waals surface area contributed by atoms with E-state index in [0.29, 0.717) is 11.5 Å². The normalized spacial score (nSPS) is 33.2. The first-order valence-electron chi connectivity index (χ1n) is 6.30. The number of amides is 2. The van der Waals surface area contributed by atoms with Crippen molar-refractivity contribution >= 4 is 30.6 Å². The molecule has 3 rings (SSSR count). The van der Waals surface area contributed by atoms with Crippen LogP contribution in [-0.4, -0.2) is 81.1 Å². The van der Waals surface area contributed by atoms with Crippen molar-refractivity contribution in [3.63, 3.8) is 0 Å². The third kappa shape index (κ3) is 2.55. The van der Waals surface area contributed by atoms with E-state index in [9.17, 15) is 15.0 Å². The number of carbonyl (C=O) groups is 1. The average molecular weight is 334 g/mol. The predicted molar refractivity (Wildman–Crippen MR) is 77.1 cm³/mol. The number of fused-ring (bicyclic) bond motifs is 1. The quantitative estimate of drug-likeness (QED) is 0.450. The highest BCUT2D eigenvalue weighted by molar-refractivity contribution is 6.12. The molecule has 0 aromatic rings. The molecule has 10 nitrogen and oxygen atoms in total. The molecule has 1 saturated heterocycles. The summed E-state index contributed by atoms with van der Waals surface area (Å²) in [7, 11) is 0. The van der Waals surface area contributed by atoms with Gasteiger partial charge in [-0.15, -0.1) is 12.4 Å². The summed E-state index contributed by atoms with van der Waals surface area (Å²) in [5.74, 6) is 0.325. The van der Waals surface area contributed by atoms with E-state index in [1.165, 1.54) is 16.1 Å². The standard InChI is InChI=1S/C11H15N5O5.ClH/c12-11(20)16-4-15(1-5-9(16)14-3-13-5)10-8(19)7(18)6(2-17)21-10;/h1,3,6-8,10,17-19H,2,4H2,(H2,12,20);1H/t6-,7-,8-,10-;/m1./s1. The maximum absolute atomic E-state index is 11.5. The van der Waals surface area contributed by atoms with Crippen molar-refractivity contribution in [1.29, 1.82) is 0 Å². The lowest BCUT2D eigenvalue weighted by atomic mass is 10.1. The van der Waals surface area contributed by atoms with Gasteiger partial charge < -0.3 is 30.7 Å². The Labute approximate surface area is 131 Å². The Morgan fingerprint density at radius 2 is 2.18 bits per heavy atom. The van der Waals surface area contributed by atoms with Crippen LogP contribution in [-0.2, 0) is 4.74 Å². The van der Waals surface area contributed by atoms with Gasteiger partial charge in [0, 0.05) is 6.20 Å². The number of rotatable bonds is 2. The molecule has 4 atom stereocenters. The Morgan fingerprint density at radius 1 is 1.45 bits per heavy atom. The van der Waals surface area contributed by atoms with Crippen molar-refractivity contribution in [1.82, 2.24) is 9.80 Å². The fourth-order valence-electron chi connectivity index (χ4n) is 2.48. The molecule has 2 amide bonds. The number of amidine groups is 1. The molecule has 0 aromatic carbocycles. The van der Waals surface area contributed by atoms with E-state index in [-0.39, 0.29) is 19.1 Å². The van der Waals surface area contributed by atoms with Gasteiger partial charge in [0.1, 0.15) is 37.0 Å². The molecule has 0 saturated carbocycles. The average Bonchev–Trinajstić information content (AvgIpc) is 3.03. The lowest BCUT2D eigenvalue weighted by Gasteiger charge is -2.37. The molecule has 0 radical (unpaired) electrons.